The normalized spacial score (nSPS) is 11.0. The van der Waals surface area contributed by atoms with Crippen molar-refractivity contribution in [2.45, 2.75) is 11.8 Å². The van der Waals surface area contributed by atoms with E-state index < -0.39 is 16.7 Å². The van der Waals surface area contributed by atoms with E-state index in [2.05, 4.69) is 20.9 Å². The van der Waals surface area contributed by atoms with Gasteiger partial charge in [-0.25, -0.2) is 4.98 Å². The van der Waals surface area contributed by atoms with Gasteiger partial charge in [-0.05, 0) is 54.5 Å². The van der Waals surface area contributed by atoms with Gasteiger partial charge < -0.3 is 16.0 Å². The Morgan fingerprint density at radius 1 is 0.913 bits per heavy atom. The third-order valence-corrected chi connectivity index (χ3v) is 8.33. The number of rotatable bonds is 11. The molecule has 0 unspecified atom stereocenters. The van der Waals surface area contributed by atoms with Crippen molar-refractivity contribution < 1.29 is 19.3 Å². The Labute approximate surface area is 272 Å². The van der Waals surface area contributed by atoms with Gasteiger partial charge in [0, 0.05) is 39.2 Å². The van der Waals surface area contributed by atoms with E-state index in [0.717, 1.165) is 16.0 Å². The molecule has 1 heterocycles. The summed E-state index contributed by atoms with van der Waals surface area (Å²) in [6, 6.07) is 29.3. The number of aryl methyl sites for hydroxylation is 1. The Hall–Kier alpha value is -5.59. The summed E-state index contributed by atoms with van der Waals surface area (Å²) in [5.74, 6) is -1.13. The van der Waals surface area contributed by atoms with Crippen molar-refractivity contribution in [1.82, 2.24) is 10.3 Å². The van der Waals surface area contributed by atoms with E-state index in [4.69, 9.17) is 0 Å². The van der Waals surface area contributed by atoms with Crippen LogP contribution in [0, 0.1) is 17.0 Å². The highest BCUT2D eigenvalue weighted by molar-refractivity contribution is 8.00. The molecule has 0 aliphatic heterocycles. The number of thiazole rings is 1. The molecule has 0 saturated heterocycles. The van der Waals surface area contributed by atoms with Crippen molar-refractivity contribution in [2.75, 3.05) is 16.4 Å². The first-order valence-electron chi connectivity index (χ1n) is 13.9. The van der Waals surface area contributed by atoms with Crippen molar-refractivity contribution in [1.29, 1.82) is 0 Å². The highest BCUT2D eigenvalue weighted by Crippen LogP contribution is 2.28. The molecule has 10 nitrogen and oxygen atoms in total. The number of hydrogen-bond donors (Lipinski definition) is 3. The fourth-order valence-electron chi connectivity index (χ4n) is 4.26. The van der Waals surface area contributed by atoms with E-state index in [-0.39, 0.29) is 23.0 Å². The molecule has 230 valence electrons. The van der Waals surface area contributed by atoms with Crippen LogP contribution in [0.4, 0.5) is 16.5 Å². The van der Waals surface area contributed by atoms with Gasteiger partial charge in [0.1, 0.15) is 5.70 Å². The van der Waals surface area contributed by atoms with Crippen molar-refractivity contribution in [3.8, 4) is 11.3 Å². The minimum atomic E-state index is -0.504. The van der Waals surface area contributed by atoms with Crippen molar-refractivity contribution in [2.24, 2.45) is 0 Å². The smallest absolute Gasteiger partial charge is 0.272 e. The molecule has 0 saturated carbocycles. The molecule has 0 radical (unpaired) electrons. The van der Waals surface area contributed by atoms with E-state index in [1.165, 1.54) is 35.2 Å². The standard InChI is InChI=1S/C34H27N5O5S2/c1-22-9-5-6-12-24(22)18-29(36-32(41)23-10-3-2-4-11-23)33(42)35-26-14-8-16-28(19-26)45-21-31(40)38-34-37-30(20-46-34)25-13-7-15-27(17-25)39(43)44/h2-20H,21H2,1H3,(H,35,42)(H,36,41)(H,37,38,40)/b29-18-. The first-order valence-corrected chi connectivity index (χ1v) is 15.8. The number of carbonyl (C=O) groups is 3. The fourth-order valence-corrected chi connectivity index (χ4v) is 5.75. The van der Waals surface area contributed by atoms with Gasteiger partial charge in [-0.2, -0.15) is 0 Å². The molecule has 0 spiro atoms. The zero-order valence-electron chi connectivity index (χ0n) is 24.4. The maximum Gasteiger partial charge on any atom is 0.272 e. The number of carbonyl (C=O) groups excluding carboxylic acids is 3. The summed E-state index contributed by atoms with van der Waals surface area (Å²) in [6.45, 7) is 1.92. The average molecular weight is 650 g/mol. The summed E-state index contributed by atoms with van der Waals surface area (Å²) in [5.41, 5.74) is 3.77. The first kappa shape index (κ1) is 31.8. The number of benzene rings is 4. The number of hydrogen-bond acceptors (Lipinski definition) is 8. The summed E-state index contributed by atoms with van der Waals surface area (Å²) in [5, 5.41) is 21.5. The lowest BCUT2D eigenvalue weighted by Gasteiger charge is -2.13. The van der Waals surface area contributed by atoms with Crippen molar-refractivity contribution in [3.63, 3.8) is 0 Å². The number of nitrogens with zero attached hydrogens (tertiary/aromatic N) is 2. The van der Waals surface area contributed by atoms with Crippen LogP contribution in [0.15, 0.2) is 119 Å². The Morgan fingerprint density at radius 2 is 1.67 bits per heavy atom. The number of non-ortho nitro benzene ring substituents is 1. The Kier molecular flexibility index (Phi) is 10.3. The van der Waals surface area contributed by atoms with Crippen molar-refractivity contribution in [3.05, 3.63) is 141 Å². The molecule has 0 fully saturated rings. The van der Waals surface area contributed by atoms with Crippen LogP contribution in [0.3, 0.4) is 0 Å². The number of nitrogens with one attached hydrogen (secondary N) is 3. The second kappa shape index (κ2) is 14.9. The monoisotopic (exact) mass is 649 g/mol. The first-order chi connectivity index (χ1) is 22.2. The van der Waals surface area contributed by atoms with Gasteiger partial charge in [-0.3, -0.25) is 24.5 Å². The van der Waals surface area contributed by atoms with Crippen LogP contribution in [-0.2, 0) is 9.59 Å². The maximum atomic E-state index is 13.4. The van der Waals surface area contributed by atoms with Crippen LogP contribution in [0.5, 0.6) is 0 Å². The van der Waals surface area contributed by atoms with Gasteiger partial charge in [0.25, 0.3) is 17.5 Å². The Morgan fingerprint density at radius 3 is 2.46 bits per heavy atom. The molecule has 3 amide bonds. The average Bonchev–Trinajstić information content (AvgIpc) is 3.53. The molecule has 5 aromatic rings. The second-order valence-electron chi connectivity index (χ2n) is 9.90. The molecular formula is C34H27N5O5S2. The predicted molar refractivity (Wildman–Crippen MR) is 182 cm³/mol. The van der Waals surface area contributed by atoms with Crippen molar-refractivity contribution >= 4 is 63.4 Å². The summed E-state index contributed by atoms with van der Waals surface area (Å²) in [7, 11) is 0. The summed E-state index contributed by atoms with van der Waals surface area (Å²) in [6.07, 6.45) is 1.64. The zero-order chi connectivity index (χ0) is 32.5. The van der Waals surface area contributed by atoms with Gasteiger partial charge in [-0.1, -0.05) is 60.7 Å². The molecule has 12 heteroatoms. The minimum absolute atomic E-state index is 0.0404. The minimum Gasteiger partial charge on any atom is -0.321 e. The number of nitro benzene ring substituents is 1. The second-order valence-corrected chi connectivity index (χ2v) is 11.8. The fraction of sp³-hybridized carbons (Fsp3) is 0.0588. The molecule has 1 aromatic heterocycles. The highest BCUT2D eigenvalue weighted by atomic mass is 32.2. The summed E-state index contributed by atoms with van der Waals surface area (Å²) < 4.78 is 0. The number of anilines is 2. The summed E-state index contributed by atoms with van der Waals surface area (Å²) in [4.78, 5) is 54.8. The number of aromatic nitrogens is 1. The van der Waals surface area contributed by atoms with Crippen LogP contribution >= 0.6 is 23.1 Å². The zero-order valence-corrected chi connectivity index (χ0v) is 26.1. The van der Waals surface area contributed by atoms with E-state index in [0.29, 0.717) is 27.6 Å². The topological polar surface area (TPSA) is 143 Å². The molecule has 5 rings (SSSR count). The summed E-state index contributed by atoms with van der Waals surface area (Å²) >= 11 is 2.49. The SMILES string of the molecule is Cc1ccccc1/C=C(\NC(=O)c1ccccc1)C(=O)Nc1cccc(SCC(=O)Nc2nc(-c3cccc([N+](=O)[O-])c3)cs2)c1. The quantitative estimate of drug-likeness (QED) is 0.0596. The number of thioether (sulfide) groups is 1. The van der Waals surface area contributed by atoms with Crippen LogP contribution in [-0.4, -0.2) is 33.4 Å². The molecule has 0 aliphatic rings. The largest absolute Gasteiger partial charge is 0.321 e. The van der Waals surface area contributed by atoms with Crippen LogP contribution in [0.1, 0.15) is 21.5 Å². The molecule has 4 aromatic carbocycles. The molecule has 0 aliphatic carbocycles. The van der Waals surface area contributed by atoms with Gasteiger partial charge >= 0.3 is 0 Å². The lowest BCUT2D eigenvalue weighted by atomic mass is 10.1. The maximum absolute atomic E-state index is 13.4. The third kappa shape index (κ3) is 8.52. The number of amides is 3. The molecule has 0 atom stereocenters. The molecular weight excluding hydrogens is 623 g/mol. The molecule has 0 bridgehead atoms. The van der Waals surface area contributed by atoms with Gasteiger partial charge in [0.05, 0.1) is 16.4 Å². The van der Waals surface area contributed by atoms with Gasteiger partial charge in [0.2, 0.25) is 5.91 Å². The Bertz CT molecular complexity index is 1940. The van der Waals surface area contributed by atoms with Gasteiger partial charge in [-0.15, -0.1) is 23.1 Å². The van der Waals surface area contributed by atoms with Crippen LogP contribution < -0.4 is 16.0 Å². The molecule has 3 N–H and O–H groups in total. The lowest BCUT2D eigenvalue weighted by molar-refractivity contribution is -0.384. The lowest BCUT2D eigenvalue weighted by Crippen LogP contribution is -2.30. The van der Waals surface area contributed by atoms with Crippen LogP contribution in [0.25, 0.3) is 17.3 Å². The molecule has 46 heavy (non-hydrogen) atoms. The predicted octanol–water partition coefficient (Wildman–Crippen LogP) is 7.17. The van der Waals surface area contributed by atoms with Gasteiger partial charge in [0.15, 0.2) is 5.13 Å². The van der Waals surface area contributed by atoms with Crippen LogP contribution in [0.2, 0.25) is 0 Å². The van der Waals surface area contributed by atoms with E-state index >= 15 is 0 Å². The Balaban J connectivity index is 1.22. The third-order valence-electron chi connectivity index (χ3n) is 6.58. The van der Waals surface area contributed by atoms with E-state index in [9.17, 15) is 24.5 Å². The number of nitro groups is 1. The van der Waals surface area contributed by atoms with E-state index in [1.54, 1.807) is 72.1 Å². The highest BCUT2D eigenvalue weighted by Gasteiger charge is 2.16. The van der Waals surface area contributed by atoms with E-state index in [1.807, 2.05) is 37.3 Å².